The van der Waals surface area contributed by atoms with E-state index in [4.69, 9.17) is 12.2 Å². The number of thiocarbonyl (C=S) groups is 1. The highest BCUT2D eigenvalue weighted by atomic mass is 32.1. The maximum atomic E-state index is 13.9. The maximum absolute atomic E-state index is 13.9. The monoisotopic (exact) mass is 573 g/mol. The van der Waals surface area contributed by atoms with Crippen LogP contribution in [0.3, 0.4) is 0 Å². The molecule has 4 aromatic carbocycles. The Labute approximate surface area is 250 Å². The number of carbonyl (C=O) groups is 1. The summed E-state index contributed by atoms with van der Waals surface area (Å²) in [6.45, 7) is 0.531. The van der Waals surface area contributed by atoms with Crippen molar-refractivity contribution >= 4 is 34.6 Å². The van der Waals surface area contributed by atoms with Crippen LogP contribution in [0.2, 0.25) is 0 Å². The number of aryl methyl sites for hydroxylation is 1. The molecule has 0 unspecified atom stereocenters. The molecule has 1 aromatic heterocycles. The van der Waals surface area contributed by atoms with Crippen molar-refractivity contribution < 1.29 is 4.79 Å². The van der Waals surface area contributed by atoms with E-state index >= 15 is 0 Å². The second-order valence-electron chi connectivity index (χ2n) is 10.5. The molecule has 210 valence electrons. The van der Waals surface area contributed by atoms with Gasteiger partial charge in [-0.3, -0.25) is 9.69 Å². The van der Waals surface area contributed by atoms with Crippen molar-refractivity contribution in [3.63, 3.8) is 0 Å². The number of benzene rings is 4. The van der Waals surface area contributed by atoms with Crippen LogP contribution in [0.1, 0.15) is 17.5 Å². The van der Waals surface area contributed by atoms with E-state index in [0.29, 0.717) is 23.9 Å². The van der Waals surface area contributed by atoms with Crippen LogP contribution >= 0.6 is 12.2 Å². The summed E-state index contributed by atoms with van der Waals surface area (Å²) in [6, 6.07) is 34.2. The number of carbonyl (C=O) groups excluding carboxylic acids is 1. The molecule has 42 heavy (non-hydrogen) atoms. The summed E-state index contributed by atoms with van der Waals surface area (Å²) in [5.41, 5.74) is 7.09. The van der Waals surface area contributed by atoms with Crippen LogP contribution < -0.4 is 9.80 Å². The zero-order chi connectivity index (χ0) is 29.1. The second-order valence-corrected chi connectivity index (χ2v) is 10.9. The topological polar surface area (TPSA) is 81.2 Å². The minimum Gasteiger partial charge on any atom is -0.378 e. The Hall–Kier alpha value is -4.89. The van der Waals surface area contributed by atoms with Crippen molar-refractivity contribution in [3.05, 3.63) is 114 Å². The Balaban J connectivity index is 1.27. The van der Waals surface area contributed by atoms with Crippen LogP contribution in [0.25, 0.3) is 22.5 Å². The number of H-pyrrole nitrogens is 1. The molecular formula is C33H31N7OS. The Morgan fingerprint density at radius 3 is 2.19 bits per heavy atom. The molecule has 1 amide bonds. The predicted molar refractivity (Wildman–Crippen MR) is 170 cm³/mol. The highest BCUT2D eigenvalue weighted by Crippen LogP contribution is 2.32. The van der Waals surface area contributed by atoms with Crippen molar-refractivity contribution in [1.29, 1.82) is 0 Å². The third kappa shape index (κ3) is 5.51. The molecule has 0 bridgehead atoms. The number of amides is 1. The van der Waals surface area contributed by atoms with Gasteiger partial charge >= 0.3 is 0 Å². The first-order chi connectivity index (χ1) is 20.5. The van der Waals surface area contributed by atoms with E-state index < -0.39 is 0 Å². The van der Waals surface area contributed by atoms with Gasteiger partial charge in [-0.05, 0) is 76.8 Å². The molecule has 1 aliphatic rings. The molecule has 0 radical (unpaired) electrons. The molecule has 1 N–H and O–H groups in total. The molecule has 1 aliphatic heterocycles. The standard InChI is InChI=1S/C33H31N7OS/c1-38(2)26-17-19-27(20-18-26)40-32(41)30(21-14-23-8-4-3-5-9-23)39(33(40)42)22-24-12-15-25(16-13-24)28-10-6-7-11-29(28)31-34-36-37-35-31/h3-13,15-20,30H,14,21-22H2,1-2H3,(H,34,35,36,37)/t30-/m0/s1. The van der Waals surface area contributed by atoms with Gasteiger partial charge in [0.05, 0.1) is 5.69 Å². The molecule has 8 nitrogen and oxygen atoms in total. The number of rotatable bonds is 9. The summed E-state index contributed by atoms with van der Waals surface area (Å²) in [7, 11) is 3.99. The minimum absolute atomic E-state index is 0.0131. The molecule has 0 aliphatic carbocycles. The first-order valence-corrected chi connectivity index (χ1v) is 14.3. The van der Waals surface area contributed by atoms with E-state index in [1.807, 2.05) is 85.7 Å². The molecule has 0 spiro atoms. The van der Waals surface area contributed by atoms with E-state index in [-0.39, 0.29) is 11.9 Å². The number of hydrogen-bond acceptors (Lipinski definition) is 6. The van der Waals surface area contributed by atoms with Crippen LogP contribution in [0.4, 0.5) is 11.4 Å². The van der Waals surface area contributed by atoms with E-state index in [2.05, 4.69) is 61.9 Å². The van der Waals surface area contributed by atoms with Gasteiger partial charge in [-0.2, -0.15) is 5.21 Å². The normalized spacial score (nSPS) is 15.0. The number of aromatic nitrogens is 4. The minimum atomic E-state index is -0.357. The molecule has 2 heterocycles. The maximum Gasteiger partial charge on any atom is 0.256 e. The molecule has 1 atom stereocenters. The lowest BCUT2D eigenvalue weighted by molar-refractivity contribution is -0.120. The number of anilines is 2. The molecular weight excluding hydrogens is 542 g/mol. The van der Waals surface area contributed by atoms with Crippen molar-refractivity contribution in [2.75, 3.05) is 23.9 Å². The fourth-order valence-corrected chi connectivity index (χ4v) is 5.76. The summed E-state index contributed by atoms with van der Waals surface area (Å²) in [5.74, 6) is 0.565. The number of nitrogens with zero attached hydrogens (tertiary/aromatic N) is 6. The van der Waals surface area contributed by atoms with Gasteiger partial charge in [0.15, 0.2) is 5.11 Å². The number of tetrazole rings is 1. The zero-order valence-corrected chi connectivity index (χ0v) is 24.3. The average molecular weight is 574 g/mol. The summed E-state index contributed by atoms with van der Waals surface area (Å²) >= 11 is 5.98. The van der Waals surface area contributed by atoms with Gasteiger partial charge in [-0.25, -0.2) is 0 Å². The van der Waals surface area contributed by atoms with Crippen LogP contribution in [0, 0.1) is 0 Å². The Bertz CT molecular complexity index is 1670. The quantitative estimate of drug-likeness (QED) is 0.226. The van der Waals surface area contributed by atoms with Gasteiger partial charge in [-0.15, -0.1) is 10.2 Å². The second kappa shape index (κ2) is 11.9. The number of nitrogens with one attached hydrogen (secondary N) is 1. The third-order valence-corrected chi connectivity index (χ3v) is 8.04. The Morgan fingerprint density at radius 2 is 1.52 bits per heavy atom. The lowest BCUT2D eigenvalue weighted by Crippen LogP contribution is -2.35. The molecule has 1 saturated heterocycles. The van der Waals surface area contributed by atoms with Gasteiger partial charge < -0.3 is 9.80 Å². The molecule has 9 heteroatoms. The summed E-state index contributed by atoms with van der Waals surface area (Å²) in [4.78, 5) is 19.7. The van der Waals surface area contributed by atoms with Gasteiger partial charge in [-0.1, -0.05) is 78.9 Å². The van der Waals surface area contributed by atoms with Crippen LogP contribution in [-0.4, -0.2) is 56.7 Å². The lowest BCUT2D eigenvalue weighted by atomic mass is 9.98. The molecule has 6 rings (SSSR count). The highest BCUT2D eigenvalue weighted by Gasteiger charge is 2.42. The Morgan fingerprint density at radius 1 is 0.833 bits per heavy atom. The number of aromatic amines is 1. The SMILES string of the molecule is CN(C)c1ccc(N2C(=O)[C@H](CCc3ccccc3)N(Cc3ccc(-c4ccccc4-c4nn[nH]n4)cc3)C2=S)cc1. The van der Waals surface area contributed by atoms with Crippen molar-refractivity contribution in [2.24, 2.45) is 0 Å². The van der Waals surface area contributed by atoms with Crippen LogP contribution in [-0.2, 0) is 17.8 Å². The zero-order valence-electron chi connectivity index (χ0n) is 23.5. The highest BCUT2D eigenvalue weighted by molar-refractivity contribution is 7.80. The third-order valence-electron chi connectivity index (χ3n) is 7.62. The smallest absolute Gasteiger partial charge is 0.256 e. The molecule has 5 aromatic rings. The Kier molecular flexibility index (Phi) is 7.74. The number of hydrogen-bond donors (Lipinski definition) is 1. The fourth-order valence-electron chi connectivity index (χ4n) is 5.37. The van der Waals surface area contributed by atoms with E-state index in [0.717, 1.165) is 40.0 Å². The summed E-state index contributed by atoms with van der Waals surface area (Å²) in [5, 5.41) is 15.1. The fraction of sp³-hybridized carbons (Fsp3) is 0.182. The largest absolute Gasteiger partial charge is 0.378 e. The lowest BCUT2D eigenvalue weighted by Gasteiger charge is -2.24. The summed E-state index contributed by atoms with van der Waals surface area (Å²) < 4.78 is 0. The first kappa shape index (κ1) is 27.3. The van der Waals surface area contributed by atoms with E-state index in [1.54, 1.807) is 4.90 Å². The van der Waals surface area contributed by atoms with E-state index in [1.165, 1.54) is 5.56 Å². The van der Waals surface area contributed by atoms with Gasteiger partial charge in [0.2, 0.25) is 5.82 Å². The molecule has 1 fully saturated rings. The van der Waals surface area contributed by atoms with E-state index in [9.17, 15) is 4.79 Å². The van der Waals surface area contributed by atoms with Gasteiger partial charge in [0.1, 0.15) is 6.04 Å². The average Bonchev–Trinajstić information content (AvgIpc) is 3.64. The molecule has 0 saturated carbocycles. The predicted octanol–water partition coefficient (Wildman–Crippen LogP) is 5.73. The van der Waals surface area contributed by atoms with Gasteiger partial charge in [0, 0.05) is 31.9 Å². The van der Waals surface area contributed by atoms with Crippen LogP contribution in [0.15, 0.2) is 103 Å². The van der Waals surface area contributed by atoms with Crippen LogP contribution in [0.5, 0.6) is 0 Å². The summed E-state index contributed by atoms with van der Waals surface area (Å²) in [6.07, 6.45) is 1.46. The first-order valence-electron chi connectivity index (χ1n) is 13.9. The van der Waals surface area contributed by atoms with Gasteiger partial charge in [0.25, 0.3) is 5.91 Å². The van der Waals surface area contributed by atoms with Crippen molar-refractivity contribution in [2.45, 2.75) is 25.4 Å². The van der Waals surface area contributed by atoms with Crippen molar-refractivity contribution in [3.8, 4) is 22.5 Å². The van der Waals surface area contributed by atoms with Crippen molar-refractivity contribution in [1.82, 2.24) is 25.5 Å².